The summed E-state index contributed by atoms with van der Waals surface area (Å²) in [7, 11) is 0. The Morgan fingerprint density at radius 3 is 2.83 bits per heavy atom. The predicted molar refractivity (Wildman–Crippen MR) is 79.1 cm³/mol. The number of thioether (sulfide) groups is 1. The molecule has 0 bridgehead atoms. The van der Waals surface area contributed by atoms with E-state index in [1.54, 1.807) is 12.1 Å². The molecular formula is C10H7Br2N3O2S. The number of halogens is 2. The van der Waals surface area contributed by atoms with Crippen molar-refractivity contribution in [2.24, 2.45) is 10.2 Å². The first kappa shape index (κ1) is 13.6. The van der Waals surface area contributed by atoms with Gasteiger partial charge in [0.05, 0.1) is 16.4 Å². The lowest BCUT2D eigenvalue weighted by molar-refractivity contribution is -0.116. The smallest absolute Gasteiger partial charge is 0.236 e. The number of hydrogen-bond acceptors (Lipinski definition) is 5. The van der Waals surface area contributed by atoms with E-state index in [4.69, 9.17) is 0 Å². The number of phenols is 1. The maximum atomic E-state index is 10.9. The van der Waals surface area contributed by atoms with Gasteiger partial charge in [0.2, 0.25) is 5.91 Å². The third-order valence-corrected chi connectivity index (χ3v) is 4.18. The van der Waals surface area contributed by atoms with Crippen molar-refractivity contribution < 1.29 is 9.90 Å². The number of phenolic OH excluding ortho intramolecular Hbond substituents is 1. The molecule has 1 heterocycles. The Bertz CT molecular complexity index is 560. The third kappa shape index (κ3) is 3.33. The summed E-state index contributed by atoms with van der Waals surface area (Å²) in [6.07, 6.45) is 1.49. The van der Waals surface area contributed by atoms with Crippen molar-refractivity contribution in [3.63, 3.8) is 0 Å². The van der Waals surface area contributed by atoms with Crippen molar-refractivity contribution in [3.05, 3.63) is 26.6 Å². The van der Waals surface area contributed by atoms with Gasteiger partial charge in [-0.2, -0.15) is 5.10 Å². The number of aromatic hydroxyl groups is 1. The number of nitrogens with one attached hydrogen (secondary N) is 1. The molecule has 0 atom stereocenters. The quantitative estimate of drug-likeness (QED) is 0.599. The highest BCUT2D eigenvalue weighted by Gasteiger charge is 2.15. The maximum absolute atomic E-state index is 10.9. The van der Waals surface area contributed by atoms with Gasteiger partial charge in [0.15, 0.2) is 5.17 Å². The first-order valence-corrected chi connectivity index (χ1v) is 7.35. The second-order valence-electron chi connectivity index (χ2n) is 3.31. The van der Waals surface area contributed by atoms with Crippen LogP contribution in [0.1, 0.15) is 5.56 Å². The first-order valence-electron chi connectivity index (χ1n) is 4.78. The molecule has 1 aromatic rings. The number of benzene rings is 1. The fourth-order valence-corrected chi connectivity index (χ4v) is 2.90. The van der Waals surface area contributed by atoms with E-state index in [1.165, 1.54) is 18.0 Å². The number of carbonyl (C=O) groups excluding carboxylic acids is 1. The van der Waals surface area contributed by atoms with Crippen molar-refractivity contribution in [1.29, 1.82) is 0 Å². The van der Waals surface area contributed by atoms with Crippen LogP contribution >= 0.6 is 43.6 Å². The van der Waals surface area contributed by atoms with Crippen molar-refractivity contribution in [2.45, 2.75) is 0 Å². The minimum Gasteiger partial charge on any atom is -0.507 e. The second kappa shape index (κ2) is 5.85. The van der Waals surface area contributed by atoms with Crippen LogP contribution in [-0.4, -0.2) is 28.1 Å². The molecule has 1 saturated heterocycles. The first-order chi connectivity index (χ1) is 8.56. The normalized spacial score (nSPS) is 17.7. The van der Waals surface area contributed by atoms with E-state index < -0.39 is 0 Å². The summed E-state index contributed by atoms with van der Waals surface area (Å²) in [5, 5.41) is 20.3. The van der Waals surface area contributed by atoms with Gasteiger partial charge in [-0.15, -0.1) is 5.10 Å². The van der Waals surface area contributed by atoms with Crippen LogP contribution in [0.3, 0.4) is 0 Å². The van der Waals surface area contributed by atoms with Crippen molar-refractivity contribution in [3.8, 4) is 5.75 Å². The fourth-order valence-electron chi connectivity index (χ4n) is 1.18. The third-order valence-electron chi connectivity index (χ3n) is 2.00. The number of hydrogen-bond donors (Lipinski definition) is 2. The molecule has 0 unspecified atom stereocenters. The van der Waals surface area contributed by atoms with E-state index in [9.17, 15) is 9.90 Å². The lowest BCUT2D eigenvalue weighted by Crippen LogP contribution is -2.19. The Morgan fingerprint density at radius 1 is 1.39 bits per heavy atom. The van der Waals surface area contributed by atoms with Gasteiger partial charge in [-0.25, -0.2) is 0 Å². The van der Waals surface area contributed by atoms with Crippen LogP contribution < -0.4 is 5.32 Å². The Labute approximate surface area is 124 Å². The summed E-state index contributed by atoms with van der Waals surface area (Å²) >= 11 is 7.86. The van der Waals surface area contributed by atoms with E-state index in [1.807, 2.05) is 0 Å². The lowest BCUT2D eigenvalue weighted by atomic mass is 10.2. The summed E-state index contributed by atoms with van der Waals surface area (Å²) in [6.45, 7) is 0. The number of amidine groups is 1. The van der Waals surface area contributed by atoms with Crippen molar-refractivity contribution in [1.82, 2.24) is 5.32 Å². The summed E-state index contributed by atoms with van der Waals surface area (Å²) < 4.78 is 1.37. The molecule has 5 nitrogen and oxygen atoms in total. The summed E-state index contributed by atoms with van der Waals surface area (Å²) in [5.41, 5.74) is 0.689. The zero-order chi connectivity index (χ0) is 13.1. The molecule has 0 aliphatic carbocycles. The molecular weight excluding hydrogens is 386 g/mol. The van der Waals surface area contributed by atoms with Crippen LogP contribution in [0.25, 0.3) is 0 Å². The van der Waals surface area contributed by atoms with Gasteiger partial charge in [-0.3, -0.25) is 4.79 Å². The highest BCUT2D eigenvalue weighted by atomic mass is 79.9. The van der Waals surface area contributed by atoms with Crippen molar-refractivity contribution in [2.75, 3.05) is 5.75 Å². The van der Waals surface area contributed by atoms with Crippen LogP contribution in [0.2, 0.25) is 0 Å². The second-order valence-corrected chi connectivity index (χ2v) is 5.98. The Kier molecular flexibility index (Phi) is 4.41. The molecule has 2 rings (SSSR count). The van der Waals surface area contributed by atoms with E-state index in [0.717, 1.165) is 4.47 Å². The molecule has 0 saturated carbocycles. The van der Waals surface area contributed by atoms with Crippen LogP contribution in [0.15, 0.2) is 31.3 Å². The molecule has 1 aliphatic rings. The average Bonchev–Trinajstić information content (AvgIpc) is 2.71. The zero-order valence-electron chi connectivity index (χ0n) is 8.85. The molecule has 8 heteroatoms. The topological polar surface area (TPSA) is 74.0 Å². The molecule has 94 valence electrons. The highest BCUT2D eigenvalue weighted by molar-refractivity contribution is 9.11. The minimum absolute atomic E-state index is 0.0728. The van der Waals surface area contributed by atoms with Gasteiger partial charge in [0.1, 0.15) is 5.75 Å². The van der Waals surface area contributed by atoms with E-state index in [0.29, 0.717) is 21.0 Å². The summed E-state index contributed by atoms with van der Waals surface area (Å²) in [6, 6.07) is 3.27. The standard InChI is InChI=1S/C10H7Br2N3O2S/c11-6-2-7(12)8(16)1-5(6)3-13-15-10-14-9(17)4-18-10/h1-3,16H,4H2,(H,14,15,17). The number of carbonyl (C=O) groups is 1. The van der Waals surface area contributed by atoms with Gasteiger partial charge >= 0.3 is 0 Å². The summed E-state index contributed by atoms with van der Waals surface area (Å²) in [5.74, 6) is 0.421. The molecule has 2 N–H and O–H groups in total. The average molecular weight is 393 g/mol. The molecule has 0 aromatic heterocycles. The Morgan fingerprint density at radius 2 is 2.17 bits per heavy atom. The van der Waals surface area contributed by atoms with Crippen LogP contribution in [0.4, 0.5) is 0 Å². The Balaban J connectivity index is 2.14. The Hall–Kier alpha value is -0.860. The van der Waals surface area contributed by atoms with Gasteiger partial charge in [0, 0.05) is 10.0 Å². The molecule has 1 fully saturated rings. The van der Waals surface area contributed by atoms with E-state index in [-0.39, 0.29) is 11.7 Å². The molecule has 1 amide bonds. The number of amides is 1. The SMILES string of the molecule is O=C1CSC(=NN=Cc2cc(O)c(Br)cc2Br)N1. The molecule has 1 aliphatic heterocycles. The van der Waals surface area contributed by atoms with Crippen LogP contribution in [0, 0.1) is 0 Å². The van der Waals surface area contributed by atoms with Crippen LogP contribution in [0.5, 0.6) is 5.75 Å². The summed E-state index contributed by atoms with van der Waals surface area (Å²) in [4.78, 5) is 10.9. The number of nitrogens with zero attached hydrogens (tertiary/aromatic N) is 2. The maximum Gasteiger partial charge on any atom is 0.236 e. The van der Waals surface area contributed by atoms with Gasteiger partial charge in [-0.1, -0.05) is 27.7 Å². The molecule has 0 radical (unpaired) electrons. The lowest BCUT2D eigenvalue weighted by Gasteiger charge is -2.01. The number of rotatable bonds is 2. The van der Waals surface area contributed by atoms with E-state index in [2.05, 4.69) is 47.4 Å². The highest BCUT2D eigenvalue weighted by Crippen LogP contribution is 2.29. The van der Waals surface area contributed by atoms with Gasteiger partial charge in [0.25, 0.3) is 0 Å². The molecule has 1 aromatic carbocycles. The van der Waals surface area contributed by atoms with Gasteiger partial charge < -0.3 is 10.4 Å². The largest absolute Gasteiger partial charge is 0.507 e. The zero-order valence-corrected chi connectivity index (χ0v) is 12.8. The monoisotopic (exact) mass is 391 g/mol. The molecule has 18 heavy (non-hydrogen) atoms. The predicted octanol–water partition coefficient (Wildman–Crippen LogP) is 2.47. The van der Waals surface area contributed by atoms with Crippen molar-refractivity contribution >= 4 is 60.9 Å². The minimum atomic E-state index is -0.0728. The van der Waals surface area contributed by atoms with Gasteiger partial charge in [-0.05, 0) is 28.1 Å². The molecule has 0 spiro atoms. The van der Waals surface area contributed by atoms with Crippen LogP contribution in [-0.2, 0) is 4.79 Å². The van der Waals surface area contributed by atoms with E-state index >= 15 is 0 Å². The fraction of sp³-hybridized carbons (Fsp3) is 0.100.